The normalized spacial score (nSPS) is 23.9. The van der Waals surface area contributed by atoms with E-state index < -0.39 is 0 Å². The molecule has 14 heavy (non-hydrogen) atoms. The van der Waals surface area contributed by atoms with Crippen molar-refractivity contribution in [3.63, 3.8) is 0 Å². The number of hydrogen-bond acceptors (Lipinski definition) is 3. The fourth-order valence-corrected chi connectivity index (χ4v) is 2.60. The molecule has 1 saturated heterocycles. The van der Waals surface area contributed by atoms with Gasteiger partial charge in [0.1, 0.15) is 0 Å². The minimum absolute atomic E-state index is 0.198. The topological polar surface area (TPSA) is 29.5 Å². The third kappa shape index (κ3) is 2.80. The van der Waals surface area contributed by atoms with Crippen molar-refractivity contribution < 1.29 is 9.84 Å². The zero-order chi connectivity index (χ0) is 9.80. The Morgan fingerprint density at radius 1 is 1.64 bits per heavy atom. The minimum Gasteiger partial charge on any atom is -0.393 e. The summed E-state index contributed by atoms with van der Waals surface area (Å²) in [5, 5.41) is 14.0. The first-order chi connectivity index (χ1) is 6.84. The Labute approximate surface area is 88.5 Å². The number of thiophene rings is 1. The molecule has 2 unspecified atom stereocenters. The quantitative estimate of drug-likeness (QED) is 0.828. The minimum atomic E-state index is -0.198. The molecule has 2 rings (SSSR count). The van der Waals surface area contributed by atoms with Gasteiger partial charge in [-0.3, -0.25) is 0 Å². The Hall–Kier alpha value is -0.380. The summed E-state index contributed by atoms with van der Waals surface area (Å²) >= 11 is 1.69. The number of aliphatic hydroxyl groups is 1. The lowest BCUT2D eigenvalue weighted by Gasteiger charge is -2.13. The van der Waals surface area contributed by atoms with Crippen LogP contribution < -0.4 is 0 Å². The molecule has 0 saturated carbocycles. The molecule has 3 heteroatoms. The fraction of sp³-hybridized carbons (Fsp3) is 0.636. The Bertz CT molecular complexity index is 252. The van der Waals surface area contributed by atoms with Crippen molar-refractivity contribution in [1.82, 2.24) is 0 Å². The molecule has 1 aromatic heterocycles. The Morgan fingerprint density at radius 3 is 3.21 bits per heavy atom. The lowest BCUT2D eigenvalue weighted by molar-refractivity contribution is 0.129. The van der Waals surface area contributed by atoms with Crippen LogP contribution in [0, 0.1) is 5.92 Å². The standard InChI is InChI=1S/C11H16O2S/c12-11(5-9-1-3-13-7-9)6-10-2-4-14-8-10/h2,4,8-9,11-12H,1,3,5-7H2. The average molecular weight is 212 g/mol. The van der Waals surface area contributed by atoms with Gasteiger partial charge in [0.25, 0.3) is 0 Å². The van der Waals surface area contributed by atoms with Gasteiger partial charge in [0, 0.05) is 13.2 Å². The van der Waals surface area contributed by atoms with Crippen LogP contribution in [0.25, 0.3) is 0 Å². The van der Waals surface area contributed by atoms with Crippen molar-refractivity contribution in [1.29, 1.82) is 0 Å². The molecule has 1 aliphatic heterocycles. The first kappa shape index (κ1) is 10.1. The molecule has 2 atom stereocenters. The fourth-order valence-electron chi connectivity index (χ4n) is 1.92. The van der Waals surface area contributed by atoms with Crippen LogP contribution in [0.15, 0.2) is 16.8 Å². The first-order valence-electron chi connectivity index (χ1n) is 5.11. The monoisotopic (exact) mass is 212 g/mol. The maximum absolute atomic E-state index is 9.83. The molecule has 1 fully saturated rings. The summed E-state index contributed by atoms with van der Waals surface area (Å²) in [5.74, 6) is 0.573. The van der Waals surface area contributed by atoms with Crippen LogP contribution in [-0.4, -0.2) is 24.4 Å². The van der Waals surface area contributed by atoms with E-state index in [0.29, 0.717) is 5.92 Å². The highest BCUT2D eigenvalue weighted by atomic mass is 32.1. The van der Waals surface area contributed by atoms with Crippen molar-refractivity contribution in [2.75, 3.05) is 13.2 Å². The van der Waals surface area contributed by atoms with Crippen LogP contribution in [0.4, 0.5) is 0 Å². The molecular weight excluding hydrogens is 196 g/mol. The predicted octanol–water partition coefficient (Wildman–Crippen LogP) is 2.08. The van der Waals surface area contributed by atoms with Crippen molar-refractivity contribution in [2.24, 2.45) is 5.92 Å². The third-order valence-corrected chi connectivity index (χ3v) is 3.41. The summed E-state index contributed by atoms with van der Waals surface area (Å²) in [5.41, 5.74) is 1.25. The first-order valence-corrected chi connectivity index (χ1v) is 6.06. The van der Waals surface area contributed by atoms with E-state index in [1.54, 1.807) is 11.3 Å². The molecule has 0 bridgehead atoms. The molecule has 1 aromatic rings. The van der Waals surface area contributed by atoms with Gasteiger partial charge in [0.15, 0.2) is 0 Å². The summed E-state index contributed by atoms with van der Waals surface area (Å²) in [6.45, 7) is 1.70. The van der Waals surface area contributed by atoms with Crippen LogP contribution in [0.5, 0.6) is 0 Å². The van der Waals surface area contributed by atoms with Crippen molar-refractivity contribution in [3.05, 3.63) is 22.4 Å². The van der Waals surface area contributed by atoms with Gasteiger partial charge >= 0.3 is 0 Å². The van der Waals surface area contributed by atoms with Gasteiger partial charge in [0.05, 0.1) is 6.10 Å². The SMILES string of the molecule is OC(Cc1ccsc1)CC1CCOC1. The van der Waals surface area contributed by atoms with Crippen LogP contribution in [0.3, 0.4) is 0 Å². The Kier molecular flexibility index (Phi) is 3.56. The second-order valence-corrected chi connectivity index (χ2v) is 4.73. The van der Waals surface area contributed by atoms with Gasteiger partial charge in [-0.2, -0.15) is 11.3 Å². The van der Waals surface area contributed by atoms with E-state index in [-0.39, 0.29) is 6.10 Å². The maximum atomic E-state index is 9.83. The Balaban J connectivity index is 1.75. The molecule has 78 valence electrons. The van der Waals surface area contributed by atoms with E-state index in [1.165, 1.54) is 5.56 Å². The van der Waals surface area contributed by atoms with E-state index in [9.17, 15) is 5.11 Å². The number of hydrogen-bond donors (Lipinski definition) is 1. The average Bonchev–Trinajstić information content (AvgIpc) is 2.76. The zero-order valence-electron chi connectivity index (χ0n) is 8.19. The predicted molar refractivity (Wildman–Crippen MR) is 57.6 cm³/mol. The van der Waals surface area contributed by atoms with Crippen molar-refractivity contribution in [2.45, 2.75) is 25.4 Å². The zero-order valence-corrected chi connectivity index (χ0v) is 9.00. The van der Waals surface area contributed by atoms with Crippen LogP contribution >= 0.6 is 11.3 Å². The molecular formula is C11H16O2S. The maximum Gasteiger partial charge on any atom is 0.0584 e. The van der Waals surface area contributed by atoms with Gasteiger partial charge in [-0.15, -0.1) is 0 Å². The van der Waals surface area contributed by atoms with Crippen LogP contribution in [0.1, 0.15) is 18.4 Å². The van der Waals surface area contributed by atoms with E-state index >= 15 is 0 Å². The number of rotatable bonds is 4. The second kappa shape index (κ2) is 4.91. The van der Waals surface area contributed by atoms with E-state index in [4.69, 9.17) is 4.74 Å². The summed E-state index contributed by atoms with van der Waals surface area (Å²) in [6, 6.07) is 2.08. The molecule has 2 heterocycles. The van der Waals surface area contributed by atoms with E-state index in [1.807, 2.05) is 0 Å². The molecule has 1 N–H and O–H groups in total. The van der Waals surface area contributed by atoms with Gasteiger partial charge in [-0.05, 0) is 47.6 Å². The summed E-state index contributed by atoms with van der Waals surface area (Å²) < 4.78 is 5.28. The third-order valence-electron chi connectivity index (χ3n) is 2.68. The van der Waals surface area contributed by atoms with Gasteiger partial charge in [-0.25, -0.2) is 0 Å². The summed E-state index contributed by atoms with van der Waals surface area (Å²) in [6.07, 6.45) is 2.59. The smallest absolute Gasteiger partial charge is 0.0584 e. The molecule has 0 amide bonds. The van der Waals surface area contributed by atoms with Crippen molar-refractivity contribution in [3.8, 4) is 0 Å². The lowest BCUT2D eigenvalue weighted by atomic mass is 9.97. The van der Waals surface area contributed by atoms with Gasteiger partial charge in [0.2, 0.25) is 0 Å². The number of ether oxygens (including phenoxy) is 1. The van der Waals surface area contributed by atoms with Crippen molar-refractivity contribution >= 4 is 11.3 Å². The molecule has 2 nitrogen and oxygen atoms in total. The molecule has 0 aromatic carbocycles. The van der Waals surface area contributed by atoms with Crippen LogP contribution in [0.2, 0.25) is 0 Å². The highest BCUT2D eigenvalue weighted by molar-refractivity contribution is 7.07. The lowest BCUT2D eigenvalue weighted by Crippen LogP contribution is -2.16. The molecule has 0 spiro atoms. The summed E-state index contributed by atoms with van der Waals surface area (Å²) in [7, 11) is 0. The summed E-state index contributed by atoms with van der Waals surface area (Å²) in [4.78, 5) is 0. The molecule has 1 aliphatic rings. The second-order valence-electron chi connectivity index (χ2n) is 3.95. The van der Waals surface area contributed by atoms with Crippen LogP contribution in [-0.2, 0) is 11.2 Å². The largest absolute Gasteiger partial charge is 0.393 e. The van der Waals surface area contributed by atoms with E-state index in [0.717, 1.165) is 32.5 Å². The van der Waals surface area contributed by atoms with Gasteiger partial charge < -0.3 is 9.84 Å². The molecule has 0 radical (unpaired) electrons. The van der Waals surface area contributed by atoms with E-state index in [2.05, 4.69) is 16.8 Å². The highest BCUT2D eigenvalue weighted by Gasteiger charge is 2.19. The van der Waals surface area contributed by atoms with Gasteiger partial charge in [-0.1, -0.05) is 0 Å². The number of aliphatic hydroxyl groups excluding tert-OH is 1. The Morgan fingerprint density at radius 2 is 2.57 bits per heavy atom. The molecule has 0 aliphatic carbocycles. The highest BCUT2D eigenvalue weighted by Crippen LogP contribution is 2.20.